The van der Waals surface area contributed by atoms with Crippen molar-refractivity contribution in [3.8, 4) is 23.1 Å². The zero-order chi connectivity index (χ0) is 21.7. The van der Waals surface area contributed by atoms with Crippen molar-refractivity contribution in [2.24, 2.45) is 0 Å². The molecule has 0 spiro atoms. The molecule has 0 radical (unpaired) electrons. The highest BCUT2D eigenvalue weighted by Crippen LogP contribution is 2.27. The van der Waals surface area contributed by atoms with Crippen molar-refractivity contribution in [2.75, 3.05) is 12.3 Å². The monoisotopic (exact) mass is 404 g/mol. The molecule has 6 nitrogen and oxygen atoms in total. The first-order chi connectivity index (χ1) is 14.4. The molecule has 0 bridgehead atoms. The lowest BCUT2D eigenvalue weighted by Crippen LogP contribution is -2.07. The number of carbonyl (C=O) groups excluding carboxylic acids is 1. The fourth-order valence-corrected chi connectivity index (χ4v) is 2.83. The van der Waals surface area contributed by atoms with Gasteiger partial charge in [0.1, 0.15) is 5.82 Å². The van der Waals surface area contributed by atoms with E-state index in [1.165, 1.54) is 12.1 Å². The summed E-state index contributed by atoms with van der Waals surface area (Å²) in [6.07, 6.45) is 2.53. The number of hydrogen-bond acceptors (Lipinski definition) is 6. The molecule has 2 N–H and O–H groups in total. The standard InChI is InChI=1S/C23H21FN4O2/c1-4-17-9-6-15(13-26-17)7-10-18-14(3)27-23(25)28-21(18)19-11-8-16(12-20(19)24)22(29)30-5-2/h6,8-9,11-13H,4-5H2,1-3H3,(H2,25,27,28). The maximum Gasteiger partial charge on any atom is 0.338 e. The number of nitrogen functional groups attached to an aromatic ring is 1. The number of ether oxygens (including phenoxy) is 1. The number of anilines is 1. The molecule has 30 heavy (non-hydrogen) atoms. The van der Waals surface area contributed by atoms with Gasteiger partial charge < -0.3 is 10.5 Å². The molecule has 0 amide bonds. The molecular formula is C23H21FN4O2. The molecule has 152 valence electrons. The van der Waals surface area contributed by atoms with Crippen molar-refractivity contribution < 1.29 is 13.9 Å². The van der Waals surface area contributed by atoms with E-state index in [2.05, 4.69) is 26.8 Å². The predicted octanol–water partition coefficient (Wildman–Crippen LogP) is 3.71. The smallest absolute Gasteiger partial charge is 0.338 e. The van der Waals surface area contributed by atoms with Crippen LogP contribution in [-0.4, -0.2) is 27.5 Å². The Morgan fingerprint density at radius 1 is 1.17 bits per heavy atom. The van der Waals surface area contributed by atoms with Crippen LogP contribution in [-0.2, 0) is 11.2 Å². The summed E-state index contributed by atoms with van der Waals surface area (Å²) in [6.45, 7) is 5.65. The van der Waals surface area contributed by atoms with E-state index in [-0.39, 0.29) is 29.4 Å². The Labute approximate surface area is 174 Å². The second kappa shape index (κ2) is 9.14. The molecule has 0 saturated carbocycles. The van der Waals surface area contributed by atoms with Crippen molar-refractivity contribution in [1.82, 2.24) is 15.0 Å². The van der Waals surface area contributed by atoms with Gasteiger partial charge in [-0.15, -0.1) is 0 Å². The first kappa shape index (κ1) is 20.9. The lowest BCUT2D eigenvalue weighted by Gasteiger charge is -2.10. The lowest BCUT2D eigenvalue weighted by atomic mass is 10.0. The molecule has 0 unspecified atom stereocenters. The first-order valence-electron chi connectivity index (χ1n) is 9.51. The Kier molecular flexibility index (Phi) is 6.38. The Morgan fingerprint density at radius 3 is 2.60 bits per heavy atom. The number of carbonyl (C=O) groups is 1. The van der Waals surface area contributed by atoms with Crippen LogP contribution in [0.15, 0.2) is 36.5 Å². The third-order valence-electron chi connectivity index (χ3n) is 4.36. The molecule has 1 aromatic carbocycles. The van der Waals surface area contributed by atoms with Crippen LogP contribution in [0.3, 0.4) is 0 Å². The van der Waals surface area contributed by atoms with Crippen LogP contribution in [0, 0.1) is 24.6 Å². The van der Waals surface area contributed by atoms with Gasteiger partial charge in [0.2, 0.25) is 5.95 Å². The highest BCUT2D eigenvalue weighted by Gasteiger charge is 2.17. The number of halogens is 1. The van der Waals surface area contributed by atoms with E-state index in [9.17, 15) is 9.18 Å². The summed E-state index contributed by atoms with van der Waals surface area (Å²) in [7, 11) is 0. The number of esters is 1. The molecule has 3 rings (SSSR count). The fraction of sp³-hybridized carbons (Fsp3) is 0.217. The molecule has 0 atom stereocenters. The van der Waals surface area contributed by atoms with Crippen LogP contribution in [0.25, 0.3) is 11.3 Å². The average molecular weight is 404 g/mol. The van der Waals surface area contributed by atoms with E-state index >= 15 is 0 Å². The van der Waals surface area contributed by atoms with Gasteiger partial charge in [0, 0.05) is 23.0 Å². The maximum atomic E-state index is 14.9. The van der Waals surface area contributed by atoms with Gasteiger partial charge in [-0.05, 0) is 50.6 Å². The summed E-state index contributed by atoms with van der Waals surface area (Å²) in [5.74, 6) is 4.82. The molecule has 7 heteroatoms. The Hall–Kier alpha value is -3.79. The van der Waals surface area contributed by atoms with Crippen molar-refractivity contribution in [2.45, 2.75) is 27.2 Å². The van der Waals surface area contributed by atoms with Gasteiger partial charge in [0.05, 0.1) is 29.1 Å². The highest BCUT2D eigenvalue weighted by atomic mass is 19.1. The van der Waals surface area contributed by atoms with E-state index in [1.54, 1.807) is 20.0 Å². The summed E-state index contributed by atoms with van der Waals surface area (Å²) >= 11 is 0. The highest BCUT2D eigenvalue weighted by molar-refractivity contribution is 5.90. The van der Waals surface area contributed by atoms with Crippen LogP contribution in [0.4, 0.5) is 10.3 Å². The van der Waals surface area contributed by atoms with Crippen LogP contribution in [0.2, 0.25) is 0 Å². The number of nitrogens with two attached hydrogens (primary N) is 1. The SMILES string of the molecule is CCOC(=O)c1ccc(-c2nc(N)nc(C)c2C#Cc2ccc(CC)nc2)c(F)c1. The zero-order valence-electron chi connectivity index (χ0n) is 17.0. The Bertz CT molecular complexity index is 1150. The normalized spacial score (nSPS) is 10.3. The Balaban J connectivity index is 2.06. The van der Waals surface area contributed by atoms with Crippen molar-refractivity contribution in [3.63, 3.8) is 0 Å². The van der Waals surface area contributed by atoms with Crippen molar-refractivity contribution in [3.05, 3.63) is 70.4 Å². The molecule has 2 heterocycles. The average Bonchev–Trinajstić information content (AvgIpc) is 2.73. The van der Waals surface area contributed by atoms with Gasteiger partial charge in [0.25, 0.3) is 0 Å². The maximum absolute atomic E-state index is 14.9. The lowest BCUT2D eigenvalue weighted by molar-refractivity contribution is 0.0526. The number of aromatic nitrogens is 3. The first-order valence-corrected chi connectivity index (χ1v) is 9.51. The minimum atomic E-state index is -0.630. The van der Waals surface area contributed by atoms with Crippen molar-refractivity contribution in [1.29, 1.82) is 0 Å². The summed E-state index contributed by atoms with van der Waals surface area (Å²) in [5, 5.41) is 0. The third kappa shape index (κ3) is 4.61. The number of nitrogens with zero attached hydrogens (tertiary/aromatic N) is 3. The third-order valence-corrected chi connectivity index (χ3v) is 4.36. The predicted molar refractivity (Wildman–Crippen MR) is 112 cm³/mol. The largest absolute Gasteiger partial charge is 0.462 e. The van der Waals surface area contributed by atoms with Crippen LogP contribution in [0.5, 0.6) is 0 Å². The molecule has 2 aromatic heterocycles. The number of pyridine rings is 1. The Morgan fingerprint density at radius 2 is 1.97 bits per heavy atom. The van der Waals surface area contributed by atoms with Gasteiger partial charge >= 0.3 is 5.97 Å². The van der Waals surface area contributed by atoms with E-state index in [4.69, 9.17) is 10.5 Å². The summed E-state index contributed by atoms with van der Waals surface area (Å²) in [6, 6.07) is 7.84. The molecule has 3 aromatic rings. The van der Waals surface area contributed by atoms with Gasteiger partial charge in [-0.1, -0.05) is 18.8 Å². The quantitative estimate of drug-likeness (QED) is 0.527. The minimum absolute atomic E-state index is 0.0101. The minimum Gasteiger partial charge on any atom is -0.462 e. The van der Waals surface area contributed by atoms with Gasteiger partial charge in [0.15, 0.2) is 0 Å². The van der Waals surface area contributed by atoms with Crippen LogP contribution >= 0.6 is 0 Å². The molecule has 0 saturated heterocycles. The molecule has 0 aliphatic heterocycles. The van der Waals surface area contributed by atoms with Crippen molar-refractivity contribution >= 4 is 11.9 Å². The molecular weight excluding hydrogens is 383 g/mol. The summed E-state index contributed by atoms with van der Waals surface area (Å²) < 4.78 is 19.8. The number of benzene rings is 1. The second-order valence-electron chi connectivity index (χ2n) is 6.45. The number of rotatable bonds is 4. The second-order valence-corrected chi connectivity index (χ2v) is 6.45. The van der Waals surface area contributed by atoms with Gasteiger partial charge in [-0.3, -0.25) is 4.98 Å². The van der Waals surface area contributed by atoms with E-state index < -0.39 is 11.8 Å². The van der Waals surface area contributed by atoms with Crippen LogP contribution < -0.4 is 5.73 Å². The van der Waals surface area contributed by atoms with Gasteiger partial charge in [-0.2, -0.15) is 0 Å². The molecule has 0 aliphatic rings. The van der Waals surface area contributed by atoms with E-state index in [1.807, 2.05) is 19.1 Å². The van der Waals surface area contributed by atoms with Gasteiger partial charge in [-0.25, -0.2) is 19.2 Å². The molecule has 0 fully saturated rings. The number of hydrogen-bond donors (Lipinski definition) is 1. The number of aryl methyl sites for hydroxylation is 2. The fourth-order valence-electron chi connectivity index (χ4n) is 2.83. The zero-order valence-corrected chi connectivity index (χ0v) is 17.0. The van der Waals surface area contributed by atoms with E-state index in [0.717, 1.165) is 18.2 Å². The van der Waals surface area contributed by atoms with Crippen LogP contribution in [0.1, 0.15) is 46.7 Å². The summed E-state index contributed by atoms with van der Waals surface area (Å²) in [4.78, 5) is 24.5. The van der Waals surface area contributed by atoms with E-state index in [0.29, 0.717) is 16.8 Å². The molecule has 0 aliphatic carbocycles. The summed E-state index contributed by atoms with van der Waals surface area (Å²) in [5.41, 5.74) is 9.01. The topological polar surface area (TPSA) is 91.0 Å².